The van der Waals surface area contributed by atoms with Crippen LogP contribution < -0.4 is 5.73 Å². The van der Waals surface area contributed by atoms with Gasteiger partial charge in [0.25, 0.3) is 10.1 Å². The van der Waals surface area contributed by atoms with Crippen LogP contribution in [0.1, 0.15) is 0 Å². The van der Waals surface area contributed by atoms with Crippen molar-refractivity contribution in [1.82, 2.24) is 0 Å². The van der Waals surface area contributed by atoms with Crippen LogP contribution in [0.25, 0.3) is 0 Å². The average Bonchev–Trinajstić information content (AvgIpc) is 1.35. The summed E-state index contributed by atoms with van der Waals surface area (Å²) in [6.45, 7) is 0. The van der Waals surface area contributed by atoms with Crippen molar-refractivity contribution in [3.8, 4) is 0 Å². The smallest absolute Gasteiger partial charge is 0.290 e. The average molecular weight is 109 g/mol. The predicted octanol–water partition coefficient (Wildman–Crippen LogP) is -1.17. The molecule has 0 aliphatic rings. The molecule has 4 nitrogen and oxygen atoms in total. The van der Waals surface area contributed by atoms with Crippen LogP contribution in [0.15, 0.2) is 0 Å². The van der Waals surface area contributed by atoms with Crippen LogP contribution in [0.3, 0.4) is 0 Å². The van der Waals surface area contributed by atoms with Crippen LogP contribution in [0, 0.1) is 5.88 Å². The zero-order chi connectivity index (χ0) is 5.21. The third-order valence-corrected chi connectivity index (χ3v) is 0.447. The molecule has 0 fully saturated rings. The molecule has 0 amide bonds. The molecule has 0 bridgehead atoms. The Balaban J connectivity index is 3.85. The van der Waals surface area contributed by atoms with Crippen molar-refractivity contribution in [2.75, 3.05) is 0 Å². The first-order chi connectivity index (χ1) is 2.56. The van der Waals surface area contributed by atoms with E-state index >= 15 is 0 Å². The van der Waals surface area contributed by atoms with Crippen LogP contribution in [0.4, 0.5) is 0 Å². The molecule has 0 saturated carbocycles. The van der Waals surface area contributed by atoms with Crippen molar-refractivity contribution in [3.63, 3.8) is 0 Å². The van der Waals surface area contributed by atoms with Gasteiger partial charge < -0.3 is 5.73 Å². The Labute approximate surface area is 35.7 Å². The van der Waals surface area contributed by atoms with Crippen LogP contribution in [0.5, 0.6) is 0 Å². The van der Waals surface area contributed by atoms with Crippen molar-refractivity contribution in [2.24, 2.45) is 5.73 Å². The fourth-order valence-corrected chi connectivity index (χ4v) is 0. The van der Waals surface area contributed by atoms with E-state index in [4.69, 9.17) is 4.55 Å². The quantitative estimate of drug-likeness (QED) is 0.328. The third kappa shape index (κ3) is 3.87. The molecule has 5 heteroatoms. The van der Waals surface area contributed by atoms with E-state index in [0.29, 0.717) is 0 Å². The Morgan fingerprint density at radius 1 is 1.67 bits per heavy atom. The molecule has 0 aromatic heterocycles. The van der Waals surface area contributed by atoms with Crippen LogP contribution >= 0.6 is 0 Å². The van der Waals surface area contributed by atoms with Gasteiger partial charge in [0.05, 0.1) is 0 Å². The topological polar surface area (TPSA) is 80.4 Å². The summed E-state index contributed by atoms with van der Waals surface area (Å²) in [4.78, 5) is 0. The zero-order valence-electron chi connectivity index (χ0n) is 2.75. The second kappa shape index (κ2) is 1.55. The van der Waals surface area contributed by atoms with Gasteiger partial charge in [0.15, 0.2) is 0 Å². The molecule has 0 aliphatic heterocycles. The van der Waals surface area contributed by atoms with Crippen LogP contribution in [0.2, 0.25) is 0 Å². The molecule has 0 aromatic carbocycles. The summed E-state index contributed by atoms with van der Waals surface area (Å²) in [5.74, 6) is 1.13. The van der Waals surface area contributed by atoms with E-state index in [1.54, 1.807) is 0 Å². The Bertz CT molecular complexity index is 113. The number of hydrogen-bond acceptors (Lipinski definition) is 3. The fraction of sp³-hybridized carbons (Fsp3) is 0. The lowest BCUT2D eigenvalue weighted by Gasteiger charge is -1.77. The largest absolute Gasteiger partial charge is 0.305 e. The Morgan fingerprint density at radius 3 is 1.83 bits per heavy atom. The first-order valence-electron chi connectivity index (χ1n) is 1.01. The molecule has 3 N–H and O–H groups in total. The summed E-state index contributed by atoms with van der Waals surface area (Å²) >= 11 is 0. The molecule has 0 aromatic rings. The van der Waals surface area contributed by atoms with E-state index in [2.05, 4.69) is 5.73 Å². The summed E-state index contributed by atoms with van der Waals surface area (Å²) in [7, 11) is -4.13. The van der Waals surface area contributed by atoms with Gasteiger partial charge in [-0.1, -0.05) is 0 Å². The van der Waals surface area contributed by atoms with Crippen molar-refractivity contribution >= 4 is 10.1 Å². The van der Waals surface area contributed by atoms with Gasteiger partial charge >= 0.3 is 0 Å². The lowest BCUT2D eigenvalue weighted by molar-refractivity contribution is 0.489. The fourth-order valence-electron chi connectivity index (χ4n) is 0. The summed E-state index contributed by atoms with van der Waals surface area (Å²) in [5, 5.41) is 0. The predicted molar refractivity (Wildman–Crippen MR) is 19.0 cm³/mol. The lowest BCUT2D eigenvalue weighted by Crippen LogP contribution is -2.04. The normalized spacial score (nSPS) is 11.7. The second-order valence-corrected chi connectivity index (χ2v) is 1.78. The van der Waals surface area contributed by atoms with E-state index in [0.717, 1.165) is 5.88 Å². The Morgan fingerprint density at radius 2 is 1.83 bits per heavy atom. The maximum Gasteiger partial charge on any atom is 0.290 e. The molecule has 0 heterocycles. The third-order valence-electron chi connectivity index (χ3n) is 0.149. The van der Waals surface area contributed by atoms with Crippen molar-refractivity contribution in [2.45, 2.75) is 0 Å². The zero-order valence-corrected chi connectivity index (χ0v) is 3.57. The molecule has 0 atom stereocenters. The van der Waals surface area contributed by atoms with E-state index < -0.39 is 10.1 Å². The van der Waals surface area contributed by atoms with E-state index in [1.807, 2.05) is 0 Å². The van der Waals surface area contributed by atoms with E-state index in [1.165, 1.54) is 0 Å². The summed E-state index contributed by atoms with van der Waals surface area (Å²) in [5.41, 5.74) is 4.22. The van der Waals surface area contributed by atoms with Crippen molar-refractivity contribution in [1.29, 1.82) is 0 Å². The van der Waals surface area contributed by atoms with Gasteiger partial charge in [-0.25, -0.2) is 0 Å². The molecule has 0 spiro atoms. The van der Waals surface area contributed by atoms with Gasteiger partial charge in [-0.15, -0.1) is 0 Å². The molecule has 2 radical (unpaired) electrons. The summed E-state index contributed by atoms with van der Waals surface area (Å²) in [6, 6.07) is 0. The maximum absolute atomic E-state index is 9.32. The number of nitrogens with two attached hydrogens (primary N) is 1. The van der Waals surface area contributed by atoms with Gasteiger partial charge in [-0.2, -0.15) is 8.42 Å². The SMILES string of the molecule is N[C]S(=O)(=O)O. The number of hydrogen-bond donors (Lipinski definition) is 2. The highest BCUT2D eigenvalue weighted by Crippen LogP contribution is 1.74. The minimum Gasteiger partial charge on any atom is -0.305 e. The Kier molecular flexibility index (Phi) is 1.51. The summed E-state index contributed by atoms with van der Waals surface area (Å²) < 4.78 is 26.2. The molecule has 0 aliphatic carbocycles. The number of rotatable bonds is 1. The van der Waals surface area contributed by atoms with Gasteiger partial charge in [0.2, 0.25) is 5.88 Å². The molecule has 0 rings (SSSR count). The van der Waals surface area contributed by atoms with E-state index in [9.17, 15) is 8.42 Å². The van der Waals surface area contributed by atoms with Gasteiger partial charge in [0.1, 0.15) is 0 Å². The van der Waals surface area contributed by atoms with Crippen molar-refractivity contribution < 1.29 is 13.0 Å². The molecular weight excluding hydrogens is 106 g/mol. The highest BCUT2D eigenvalue weighted by molar-refractivity contribution is 7.87. The molecule has 6 heavy (non-hydrogen) atoms. The molecule has 36 valence electrons. The highest BCUT2D eigenvalue weighted by Gasteiger charge is 1.97. The molecule has 0 unspecified atom stereocenters. The molecular formula is CH3NO3S. The minimum absolute atomic E-state index is 1.13. The Hall–Kier alpha value is -0.130. The van der Waals surface area contributed by atoms with E-state index in [-0.39, 0.29) is 0 Å². The second-order valence-electron chi connectivity index (χ2n) is 0.593. The maximum atomic E-state index is 9.32. The van der Waals surface area contributed by atoms with Gasteiger partial charge in [-0.05, 0) is 0 Å². The van der Waals surface area contributed by atoms with Gasteiger partial charge in [-0.3, -0.25) is 4.55 Å². The highest BCUT2D eigenvalue weighted by atomic mass is 32.2. The van der Waals surface area contributed by atoms with Crippen molar-refractivity contribution in [3.05, 3.63) is 5.88 Å². The van der Waals surface area contributed by atoms with Crippen LogP contribution in [-0.2, 0) is 10.1 Å². The summed E-state index contributed by atoms with van der Waals surface area (Å²) in [6.07, 6.45) is 0. The van der Waals surface area contributed by atoms with Gasteiger partial charge in [0, 0.05) is 0 Å². The lowest BCUT2D eigenvalue weighted by atomic mass is 11.6. The van der Waals surface area contributed by atoms with Crippen LogP contribution in [-0.4, -0.2) is 13.0 Å². The minimum atomic E-state index is -4.13. The first kappa shape index (κ1) is 5.87. The monoisotopic (exact) mass is 109 g/mol. The standard InChI is InChI=1S/CH3NO3S/c2-1-6(3,4)5/h2H2,(H,3,4,5). The first-order valence-corrected chi connectivity index (χ1v) is 2.45. The molecule has 0 saturated heterocycles.